The molecular weight excluding hydrogens is 360 g/mol. The van der Waals surface area contributed by atoms with Gasteiger partial charge in [-0.15, -0.1) is 0 Å². The molecule has 2 aromatic rings. The average Bonchev–Trinajstić information content (AvgIpc) is 2.68. The molecule has 0 saturated heterocycles. The number of methoxy groups -OCH3 is 2. The first-order valence-electron chi connectivity index (χ1n) is 9.01. The zero-order chi connectivity index (χ0) is 20.5. The maximum absolute atomic E-state index is 11.8. The molecule has 0 saturated carbocycles. The van der Waals surface area contributed by atoms with Crippen molar-refractivity contribution in [2.24, 2.45) is 0 Å². The summed E-state index contributed by atoms with van der Waals surface area (Å²) < 4.78 is 21.8. The van der Waals surface area contributed by atoms with Crippen LogP contribution < -0.4 is 9.47 Å². The molecule has 6 nitrogen and oxygen atoms in total. The van der Waals surface area contributed by atoms with Crippen molar-refractivity contribution in [2.75, 3.05) is 40.6 Å². The van der Waals surface area contributed by atoms with Crippen molar-refractivity contribution in [3.8, 4) is 22.6 Å². The first kappa shape index (κ1) is 21.6. The number of ether oxygens (including phenoxy) is 4. The summed E-state index contributed by atoms with van der Waals surface area (Å²) in [5.41, 5.74) is 2.64. The summed E-state index contributed by atoms with van der Waals surface area (Å²) in [5.74, 6) is 1.01. The lowest BCUT2D eigenvalue weighted by molar-refractivity contribution is 0.100. The molecule has 0 unspecified atom stereocenters. The Balaban J connectivity index is 2.50. The number of hydrogen-bond donors (Lipinski definition) is 0. The van der Waals surface area contributed by atoms with Gasteiger partial charge in [-0.2, -0.15) is 0 Å². The monoisotopic (exact) mass is 386 g/mol. The molecule has 150 valence electrons. The maximum atomic E-state index is 11.8. The molecule has 0 fully saturated rings. The molecule has 0 heterocycles. The van der Waals surface area contributed by atoms with E-state index in [9.17, 15) is 9.59 Å². The van der Waals surface area contributed by atoms with E-state index in [1.165, 1.54) is 13.8 Å². The van der Waals surface area contributed by atoms with Crippen LogP contribution in [0.25, 0.3) is 11.1 Å². The van der Waals surface area contributed by atoms with Crippen LogP contribution in [-0.2, 0) is 9.47 Å². The molecule has 0 aliphatic heterocycles. The molecule has 0 aliphatic carbocycles. The molecule has 0 atom stereocenters. The molecule has 0 spiro atoms. The van der Waals surface area contributed by atoms with Crippen molar-refractivity contribution in [2.45, 2.75) is 13.8 Å². The van der Waals surface area contributed by atoms with Crippen LogP contribution >= 0.6 is 0 Å². The highest BCUT2D eigenvalue weighted by Gasteiger charge is 2.16. The summed E-state index contributed by atoms with van der Waals surface area (Å²) in [6.45, 7) is 4.55. The molecule has 28 heavy (non-hydrogen) atoms. The van der Waals surface area contributed by atoms with Crippen molar-refractivity contribution in [1.29, 1.82) is 0 Å². The van der Waals surface area contributed by atoms with E-state index in [2.05, 4.69) is 0 Å². The van der Waals surface area contributed by atoms with Crippen molar-refractivity contribution in [3.63, 3.8) is 0 Å². The molecule has 2 aromatic carbocycles. The second-order valence-electron chi connectivity index (χ2n) is 6.22. The summed E-state index contributed by atoms with van der Waals surface area (Å²) in [6.07, 6.45) is 0. The van der Waals surface area contributed by atoms with Gasteiger partial charge in [-0.25, -0.2) is 0 Å². The second kappa shape index (κ2) is 10.6. The number of ketones is 2. The molecule has 6 heteroatoms. The number of hydrogen-bond acceptors (Lipinski definition) is 6. The Morgan fingerprint density at radius 1 is 0.679 bits per heavy atom. The third-order valence-electron chi connectivity index (χ3n) is 4.16. The van der Waals surface area contributed by atoms with Crippen LogP contribution in [0.1, 0.15) is 34.6 Å². The molecule has 0 radical (unpaired) electrons. The molecule has 0 N–H and O–H groups in total. The highest BCUT2D eigenvalue weighted by molar-refractivity contribution is 5.97. The third kappa shape index (κ3) is 5.65. The fourth-order valence-corrected chi connectivity index (χ4v) is 2.64. The normalized spacial score (nSPS) is 10.6. The van der Waals surface area contributed by atoms with E-state index < -0.39 is 0 Å². The first-order chi connectivity index (χ1) is 13.5. The molecule has 0 amide bonds. The standard InChI is InChI=1S/C22H26O6/c1-15(23)17-5-7-19(21(13-17)27-11-9-25-3)20-8-6-18(16(2)24)14-22(20)28-12-10-26-4/h5-8,13-14H,9-12H2,1-4H3. The predicted octanol–water partition coefficient (Wildman–Crippen LogP) is 3.81. The minimum absolute atomic E-state index is 0.0494. The Bertz CT molecular complexity index is 758. The summed E-state index contributed by atoms with van der Waals surface area (Å²) in [5, 5.41) is 0. The van der Waals surface area contributed by atoms with Crippen molar-refractivity contribution in [3.05, 3.63) is 47.5 Å². The lowest BCUT2D eigenvalue weighted by Gasteiger charge is -2.17. The van der Waals surface area contributed by atoms with Crippen LogP contribution in [0.15, 0.2) is 36.4 Å². The van der Waals surface area contributed by atoms with Gasteiger partial charge in [-0.05, 0) is 38.1 Å². The zero-order valence-corrected chi connectivity index (χ0v) is 16.7. The minimum Gasteiger partial charge on any atom is -0.491 e. The smallest absolute Gasteiger partial charge is 0.159 e. The van der Waals surface area contributed by atoms with E-state index in [4.69, 9.17) is 18.9 Å². The van der Waals surface area contributed by atoms with Gasteiger partial charge in [-0.1, -0.05) is 12.1 Å². The van der Waals surface area contributed by atoms with Gasteiger partial charge in [0.2, 0.25) is 0 Å². The number of carbonyl (C=O) groups excluding carboxylic acids is 2. The van der Waals surface area contributed by atoms with Gasteiger partial charge < -0.3 is 18.9 Å². The second-order valence-corrected chi connectivity index (χ2v) is 6.22. The first-order valence-corrected chi connectivity index (χ1v) is 9.01. The molecule has 0 aliphatic rings. The lowest BCUT2D eigenvalue weighted by atomic mass is 9.98. The van der Waals surface area contributed by atoms with Crippen LogP contribution in [0.3, 0.4) is 0 Å². The largest absolute Gasteiger partial charge is 0.491 e. The van der Waals surface area contributed by atoms with Crippen LogP contribution in [0.5, 0.6) is 11.5 Å². The van der Waals surface area contributed by atoms with Crippen LogP contribution in [-0.4, -0.2) is 52.2 Å². The van der Waals surface area contributed by atoms with E-state index in [0.717, 1.165) is 11.1 Å². The fourth-order valence-electron chi connectivity index (χ4n) is 2.64. The Hall–Kier alpha value is -2.70. The Labute approximate surface area is 165 Å². The molecule has 2 rings (SSSR count). The van der Waals surface area contributed by atoms with Gasteiger partial charge in [0.15, 0.2) is 11.6 Å². The average molecular weight is 386 g/mol. The van der Waals surface area contributed by atoms with Crippen molar-refractivity contribution in [1.82, 2.24) is 0 Å². The summed E-state index contributed by atoms with van der Waals surface area (Å²) in [4.78, 5) is 23.6. The molecule has 0 aromatic heterocycles. The van der Waals surface area contributed by atoms with Gasteiger partial charge in [0.25, 0.3) is 0 Å². The topological polar surface area (TPSA) is 71.1 Å². The SMILES string of the molecule is COCCOc1cc(C(C)=O)ccc1-c1ccc(C(C)=O)cc1OCCOC. The Morgan fingerprint density at radius 2 is 1.07 bits per heavy atom. The fraction of sp³-hybridized carbons (Fsp3) is 0.364. The minimum atomic E-state index is -0.0494. The van der Waals surface area contributed by atoms with E-state index in [0.29, 0.717) is 49.1 Å². The molecule has 0 bridgehead atoms. The predicted molar refractivity (Wildman–Crippen MR) is 107 cm³/mol. The van der Waals surface area contributed by atoms with Crippen molar-refractivity contribution >= 4 is 11.6 Å². The van der Waals surface area contributed by atoms with Gasteiger partial charge in [0.1, 0.15) is 24.7 Å². The van der Waals surface area contributed by atoms with Crippen LogP contribution in [0, 0.1) is 0 Å². The highest BCUT2D eigenvalue weighted by atomic mass is 16.5. The zero-order valence-electron chi connectivity index (χ0n) is 16.7. The van der Waals surface area contributed by atoms with E-state index in [-0.39, 0.29) is 11.6 Å². The number of rotatable bonds is 11. The van der Waals surface area contributed by atoms with E-state index in [1.807, 2.05) is 12.1 Å². The summed E-state index contributed by atoms with van der Waals surface area (Å²) in [7, 11) is 3.19. The van der Waals surface area contributed by atoms with E-state index in [1.54, 1.807) is 38.5 Å². The van der Waals surface area contributed by atoms with Crippen LogP contribution in [0.4, 0.5) is 0 Å². The summed E-state index contributed by atoms with van der Waals surface area (Å²) in [6, 6.07) is 10.6. The third-order valence-corrected chi connectivity index (χ3v) is 4.16. The Kier molecular flexibility index (Phi) is 8.17. The lowest BCUT2D eigenvalue weighted by Crippen LogP contribution is -2.08. The van der Waals surface area contributed by atoms with Gasteiger partial charge in [0, 0.05) is 36.5 Å². The van der Waals surface area contributed by atoms with Crippen molar-refractivity contribution < 1.29 is 28.5 Å². The van der Waals surface area contributed by atoms with E-state index >= 15 is 0 Å². The molecular formula is C22H26O6. The van der Waals surface area contributed by atoms with Gasteiger partial charge in [-0.3, -0.25) is 9.59 Å². The Morgan fingerprint density at radius 3 is 1.39 bits per heavy atom. The van der Waals surface area contributed by atoms with Gasteiger partial charge in [0.05, 0.1) is 13.2 Å². The highest BCUT2D eigenvalue weighted by Crippen LogP contribution is 2.38. The van der Waals surface area contributed by atoms with Crippen LogP contribution in [0.2, 0.25) is 0 Å². The number of Topliss-reactive ketones (excluding diaryl/α,β-unsaturated/α-hetero) is 2. The quantitative estimate of drug-likeness (QED) is 0.432. The number of carbonyl (C=O) groups is 2. The van der Waals surface area contributed by atoms with Gasteiger partial charge >= 0.3 is 0 Å². The number of benzene rings is 2. The maximum Gasteiger partial charge on any atom is 0.159 e. The summed E-state index contributed by atoms with van der Waals surface area (Å²) >= 11 is 0.